The fourth-order valence-corrected chi connectivity index (χ4v) is 3.10. The molecule has 3 rings (SSSR count). The Balaban J connectivity index is 1.68. The van der Waals surface area contributed by atoms with Gasteiger partial charge in [-0.2, -0.15) is 0 Å². The van der Waals surface area contributed by atoms with E-state index in [9.17, 15) is 0 Å². The summed E-state index contributed by atoms with van der Waals surface area (Å²) in [6, 6.07) is 10.6. The highest BCUT2D eigenvalue weighted by atomic mass is 15.3. The van der Waals surface area contributed by atoms with Gasteiger partial charge in [0.15, 0.2) is 0 Å². The van der Waals surface area contributed by atoms with Crippen molar-refractivity contribution >= 4 is 0 Å². The van der Waals surface area contributed by atoms with Crippen molar-refractivity contribution in [2.75, 3.05) is 0 Å². The first-order valence-corrected chi connectivity index (χ1v) is 7.81. The zero-order valence-corrected chi connectivity index (χ0v) is 12.3. The van der Waals surface area contributed by atoms with Gasteiger partial charge in [0.2, 0.25) is 0 Å². The minimum atomic E-state index is 0.860. The van der Waals surface area contributed by atoms with E-state index in [1.165, 1.54) is 36.5 Å². The van der Waals surface area contributed by atoms with Crippen LogP contribution in [0.1, 0.15) is 43.4 Å². The van der Waals surface area contributed by atoms with E-state index in [4.69, 9.17) is 0 Å². The highest BCUT2D eigenvalue weighted by Gasteiger charge is 2.18. The summed E-state index contributed by atoms with van der Waals surface area (Å²) in [5.74, 6) is 3.23. The van der Waals surface area contributed by atoms with Gasteiger partial charge in [-0.05, 0) is 30.7 Å². The molecular weight excluding hydrogens is 246 g/mol. The van der Waals surface area contributed by atoms with Crippen LogP contribution in [-0.4, -0.2) is 14.8 Å². The minimum absolute atomic E-state index is 0.860. The van der Waals surface area contributed by atoms with Gasteiger partial charge in [-0.3, -0.25) is 0 Å². The van der Waals surface area contributed by atoms with E-state index >= 15 is 0 Å². The summed E-state index contributed by atoms with van der Waals surface area (Å²) in [5, 5.41) is 8.83. The molecule has 20 heavy (non-hydrogen) atoms. The lowest BCUT2D eigenvalue weighted by Crippen LogP contribution is -2.08. The maximum Gasteiger partial charge on any atom is 0.133 e. The van der Waals surface area contributed by atoms with Gasteiger partial charge >= 0.3 is 0 Å². The second-order valence-corrected chi connectivity index (χ2v) is 5.77. The predicted molar refractivity (Wildman–Crippen MR) is 80.6 cm³/mol. The molecule has 2 heterocycles. The van der Waals surface area contributed by atoms with Crippen LogP contribution in [0, 0.1) is 5.92 Å². The van der Waals surface area contributed by atoms with Crippen LogP contribution in [0.15, 0.2) is 30.3 Å². The molecule has 0 aliphatic carbocycles. The first kappa shape index (κ1) is 13.3. The SMILES string of the molecule is CCC1CCc2nnc(CCc3ccccc3)n2CC1. The largest absolute Gasteiger partial charge is 0.315 e. The van der Waals surface area contributed by atoms with Crippen LogP contribution in [0.25, 0.3) is 0 Å². The van der Waals surface area contributed by atoms with Gasteiger partial charge in [0.1, 0.15) is 11.6 Å². The third-order valence-electron chi connectivity index (χ3n) is 4.50. The third kappa shape index (κ3) is 2.92. The normalized spacial score (nSPS) is 18.6. The Morgan fingerprint density at radius 3 is 2.75 bits per heavy atom. The molecule has 3 nitrogen and oxygen atoms in total. The quantitative estimate of drug-likeness (QED) is 0.851. The second-order valence-electron chi connectivity index (χ2n) is 5.77. The van der Waals surface area contributed by atoms with Gasteiger partial charge in [0.05, 0.1) is 0 Å². The first-order chi connectivity index (χ1) is 9.86. The van der Waals surface area contributed by atoms with Crippen molar-refractivity contribution in [3.05, 3.63) is 47.5 Å². The lowest BCUT2D eigenvalue weighted by molar-refractivity contribution is 0.429. The van der Waals surface area contributed by atoms with Crippen LogP contribution >= 0.6 is 0 Å². The molecular formula is C17H23N3. The van der Waals surface area contributed by atoms with Crippen LogP contribution in [-0.2, 0) is 25.8 Å². The zero-order chi connectivity index (χ0) is 13.8. The standard InChI is InChI=1S/C17H23N3/c1-2-14-8-10-16-18-19-17(20(16)13-12-14)11-9-15-6-4-3-5-7-15/h3-7,14H,2,8-13H2,1H3. The highest BCUT2D eigenvalue weighted by Crippen LogP contribution is 2.22. The van der Waals surface area contributed by atoms with Crippen LogP contribution < -0.4 is 0 Å². The summed E-state index contributed by atoms with van der Waals surface area (Å²) < 4.78 is 2.37. The molecule has 0 saturated carbocycles. The maximum absolute atomic E-state index is 4.42. The molecule has 0 radical (unpaired) electrons. The van der Waals surface area contributed by atoms with E-state index in [0.717, 1.165) is 31.7 Å². The number of rotatable bonds is 4. The number of nitrogens with zero attached hydrogens (tertiary/aromatic N) is 3. The van der Waals surface area contributed by atoms with Gasteiger partial charge in [-0.25, -0.2) is 0 Å². The Bertz CT molecular complexity index is 545. The van der Waals surface area contributed by atoms with E-state index in [0.29, 0.717) is 0 Å². The van der Waals surface area contributed by atoms with Crippen LogP contribution in [0.3, 0.4) is 0 Å². The minimum Gasteiger partial charge on any atom is -0.315 e. The fraction of sp³-hybridized carbons (Fsp3) is 0.529. The van der Waals surface area contributed by atoms with E-state index in [1.807, 2.05) is 0 Å². The number of aromatic nitrogens is 3. The average Bonchev–Trinajstić information content (AvgIpc) is 2.76. The summed E-state index contributed by atoms with van der Waals surface area (Å²) in [6.07, 6.45) is 6.98. The number of aryl methyl sites for hydroxylation is 3. The number of hydrogen-bond acceptors (Lipinski definition) is 2. The molecule has 2 aromatic rings. The highest BCUT2D eigenvalue weighted by molar-refractivity contribution is 5.15. The van der Waals surface area contributed by atoms with Crippen molar-refractivity contribution in [2.24, 2.45) is 5.92 Å². The van der Waals surface area contributed by atoms with Crippen molar-refractivity contribution in [1.29, 1.82) is 0 Å². The smallest absolute Gasteiger partial charge is 0.133 e. The monoisotopic (exact) mass is 269 g/mol. The average molecular weight is 269 g/mol. The lowest BCUT2D eigenvalue weighted by atomic mass is 9.98. The molecule has 1 aliphatic rings. The molecule has 3 heteroatoms. The second kappa shape index (κ2) is 6.21. The molecule has 1 aromatic carbocycles. The van der Waals surface area contributed by atoms with Gasteiger partial charge in [-0.1, -0.05) is 43.7 Å². The molecule has 1 unspecified atom stereocenters. The van der Waals surface area contributed by atoms with Gasteiger partial charge in [0, 0.05) is 19.4 Å². The summed E-state index contributed by atoms with van der Waals surface area (Å²) in [6.45, 7) is 3.40. The molecule has 0 fully saturated rings. The summed E-state index contributed by atoms with van der Waals surface area (Å²) in [7, 11) is 0. The molecule has 1 aliphatic heterocycles. The fourth-order valence-electron chi connectivity index (χ4n) is 3.10. The summed E-state index contributed by atoms with van der Waals surface area (Å²) >= 11 is 0. The lowest BCUT2D eigenvalue weighted by Gasteiger charge is -2.10. The Kier molecular flexibility index (Phi) is 4.14. The molecule has 0 spiro atoms. The molecule has 0 saturated heterocycles. The molecule has 1 aromatic heterocycles. The number of fused-ring (bicyclic) bond motifs is 1. The maximum atomic E-state index is 4.42. The van der Waals surface area contributed by atoms with E-state index in [-0.39, 0.29) is 0 Å². The van der Waals surface area contributed by atoms with Crippen molar-refractivity contribution in [3.63, 3.8) is 0 Å². The Hall–Kier alpha value is -1.64. The third-order valence-corrected chi connectivity index (χ3v) is 4.50. The van der Waals surface area contributed by atoms with Crippen molar-refractivity contribution < 1.29 is 0 Å². The van der Waals surface area contributed by atoms with E-state index < -0.39 is 0 Å². The van der Waals surface area contributed by atoms with Gasteiger partial charge in [0.25, 0.3) is 0 Å². The molecule has 0 N–H and O–H groups in total. The molecule has 106 valence electrons. The van der Waals surface area contributed by atoms with Crippen molar-refractivity contribution in [1.82, 2.24) is 14.8 Å². The Morgan fingerprint density at radius 2 is 1.95 bits per heavy atom. The summed E-state index contributed by atoms with van der Waals surface area (Å²) in [5.41, 5.74) is 1.38. The predicted octanol–water partition coefficient (Wildman–Crippen LogP) is 3.43. The molecule has 1 atom stereocenters. The van der Waals surface area contributed by atoms with Crippen molar-refractivity contribution in [3.8, 4) is 0 Å². The number of benzene rings is 1. The van der Waals surface area contributed by atoms with Gasteiger partial charge < -0.3 is 4.57 Å². The van der Waals surface area contributed by atoms with Crippen LogP contribution in [0.5, 0.6) is 0 Å². The van der Waals surface area contributed by atoms with Gasteiger partial charge in [-0.15, -0.1) is 10.2 Å². The van der Waals surface area contributed by atoms with Crippen LogP contribution in [0.2, 0.25) is 0 Å². The van der Waals surface area contributed by atoms with E-state index in [1.54, 1.807) is 0 Å². The molecule has 0 bridgehead atoms. The molecule has 0 amide bonds. The Labute approximate surface area is 121 Å². The Morgan fingerprint density at radius 1 is 1.10 bits per heavy atom. The summed E-state index contributed by atoms with van der Waals surface area (Å²) in [4.78, 5) is 0. The van der Waals surface area contributed by atoms with Crippen molar-refractivity contribution in [2.45, 2.75) is 52.0 Å². The number of hydrogen-bond donors (Lipinski definition) is 0. The topological polar surface area (TPSA) is 30.7 Å². The zero-order valence-electron chi connectivity index (χ0n) is 12.3. The van der Waals surface area contributed by atoms with E-state index in [2.05, 4.69) is 52.0 Å². The first-order valence-electron chi connectivity index (χ1n) is 7.81. The van der Waals surface area contributed by atoms with Crippen LogP contribution in [0.4, 0.5) is 0 Å².